The number of anilines is 1. The number of aromatic nitrogens is 1. The fraction of sp³-hybridized carbons (Fsp3) is 0.286. The van der Waals surface area contributed by atoms with Crippen LogP contribution in [0.1, 0.15) is 27.9 Å². The summed E-state index contributed by atoms with van der Waals surface area (Å²) in [6, 6.07) is 8.83. The van der Waals surface area contributed by atoms with Crippen molar-refractivity contribution in [2.24, 2.45) is 0 Å². The number of carbonyl (C=O) groups is 1. The third-order valence-electron chi connectivity index (χ3n) is 2.70. The molecule has 0 atom stereocenters. The van der Waals surface area contributed by atoms with Crippen molar-refractivity contribution in [3.05, 3.63) is 46.5 Å². The highest BCUT2D eigenvalue weighted by molar-refractivity contribution is 7.92. The molecule has 2 rings (SSSR count). The largest absolute Gasteiger partial charge is 0.462 e. The van der Waals surface area contributed by atoms with Gasteiger partial charge in [0, 0.05) is 0 Å². The molecular formula is C14H16N2O4S2. The summed E-state index contributed by atoms with van der Waals surface area (Å²) in [4.78, 5) is 16.1. The number of hydrogen-bond donors (Lipinski definition) is 1. The highest BCUT2D eigenvalue weighted by Gasteiger charge is 2.19. The molecule has 0 aliphatic carbocycles. The number of sulfonamides is 1. The first-order valence-electron chi connectivity index (χ1n) is 6.60. The Morgan fingerprint density at radius 3 is 2.64 bits per heavy atom. The Kier molecular flexibility index (Phi) is 5.15. The van der Waals surface area contributed by atoms with E-state index in [4.69, 9.17) is 4.74 Å². The minimum absolute atomic E-state index is 0.152. The van der Waals surface area contributed by atoms with Gasteiger partial charge in [-0.25, -0.2) is 18.2 Å². The molecule has 0 radical (unpaired) electrons. The van der Waals surface area contributed by atoms with E-state index in [0.29, 0.717) is 16.1 Å². The van der Waals surface area contributed by atoms with Crippen molar-refractivity contribution < 1.29 is 17.9 Å². The summed E-state index contributed by atoms with van der Waals surface area (Å²) < 4.78 is 31.5. The van der Waals surface area contributed by atoms with E-state index < -0.39 is 16.0 Å². The first-order valence-corrected chi connectivity index (χ1v) is 9.07. The van der Waals surface area contributed by atoms with E-state index >= 15 is 0 Å². The van der Waals surface area contributed by atoms with Crippen LogP contribution in [-0.4, -0.2) is 26.0 Å². The molecule has 0 bridgehead atoms. The quantitative estimate of drug-likeness (QED) is 0.817. The molecule has 1 heterocycles. The van der Waals surface area contributed by atoms with Crippen LogP contribution in [0.4, 0.5) is 5.13 Å². The maximum atomic E-state index is 12.1. The molecule has 0 spiro atoms. The smallest absolute Gasteiger partial charge is 0.350 e. The van der Waals surface area contributed by atoms with E-state index in [1.165, 1.54) is 0 Å². The molecule has 0 aliphatic rings. The Morgan fingerprint density at radius 2 is 2.00 bits per heavy atom. The monoisotopic (exact) mass is 340 g/mol. The fourth-order valence-corrected chi connectivity index (χ4v) is 4.06. The maximum Gasteiger partial charge on any atom is 0.350 e. The van der Waals surface area contributed by atoms with Gasteiger partial charge in [-0.05, 0) is 19.4 Å². The minimum atomic E-state index is -3.58. The van der Waals surface area contributed by atoms with Crippen LogP contribution in [0.2, 0.25) is 0 Å². The van der Waals surface area contributed by atoms with Gasteiger partial charge in [0.15, 0.2) is 5.13 Å². The van der Waals surface area contributed by atoms with Crippen molar-refractivity contribution in [1.82, 2.24) is 4.98 Å². The lowest BCUT2D eigenvalue weighted by Crippen LogP contribution is -2.14. The van der Waals surface area contributed by atoms with Crippen LogP contribution in [0.15, 0.2) is 30.3 Å². The van der Waals surface area contributed by atoms with Crippen LogP contribution >= 0.6 is 11.3 Å². The molecule has 0 unspecified atom stereocenters. The number of thiazole rings is 1. The molecular weight excluding hydrogens is 324 g/mol. The number of carbonyl (C=O) groups excluding carboxylic acids is 1. The number of esters is 1. The van der Waals surface area contributed by atoms with Crippen molar-refractivity contribution in [3.63, 3.8) is 0 Å². The number of aryl methyl sites for hydroxylation is 1. The van der Waals surface area contributed by atoms with Gasteiger partial charge in [0.2, 0.25) is 10.0 Å². The van der Waals surface area contributed by atoms with Crippen molar-refractivity contribution in [1.29, 1.82) is 0 Å². The number of nitrogens with zero attached hydrogens (tertiary/aromatic N) is 1. The Bertz CT molecular complexity index is 754. The van der Waals surface area contributed by atoms with Crippen molar-refractivity contribution in [2.75, 3.05) is 11.3 Å². The van der Waals surface area contributed by atoms with E-state index in [-0.39, 0.29) is 17.5 Å². The van der Waals surface area contributed by atoms with Gasteiger partial charge < -0.3 is 4.74 Å². The van der Waals surface area contributed by atoms with E-state index in [9.17, 15) is 13.2 Å². The van der Waals surface area contributed by atoms with E-state index in [1.807, 2.05) is 6.07 Å². The SMILES string of the molecule is CCOC(=O)c1sc(NS(=O)(=O)Cc2ccccc2)nc1C. The van der Waals surface area contributed by atoms with Gasteiger partial charge in [0.05, 0.1) is 18.1 Å². The number of benzene rings is 1. The second-order valence-electron chi connectivity index (χ2n) is 4.50. The Balaban J connectivity index is 2.13. The number of nitrogens with one attached hydrogen (secondary N) is 1. The molecule has 22 heavy (non-hydrogen) atoms. The van der Waals surface area contributed by atoms with Crippen molar-refractivity contribution in [2.45, 2.75) is 19.6 Å². The zero-order chi connectivity index (χ0) is 16.2. The summed E-state index contributed by atoms with van der Waals surface area (Å²) in [5, 5.41) is 0.163. The lowest BCUT2D eigenvalue weighted by Gasteiger charge is -2.04. The molecule has 2 aromatic rings. The van der Waals surface area contributed by atoms with E-state index in [0.717, 1.165) is 11.3 Å². The zero-order valence-corrected chi connectivity index (χ0v) is 13.8. The van der Waals surface area contributed by atoms with Gasteiger partial charge in [0.25, 0.3) is 0 Å². The van der Waals surface area contributed by atoms with Crippen molar-refractivity contribution >= 4 is 32.5 Å². The third kappa shape index (κ3) is 4.28. The van der Waals surface area contributed by atoms with Crippen LogP contribution in [0.5, 0.6) is 0 Å². The Morgan fingerprint density at radius 1 is 1.32 bits per heavy atom. The standard InChI is InChI=1S/C14H16N2O4S2/c1-3-20-13(17)12-10(2)15-14(21-12)16-22(18,19)9-11-7-5-4-6-8-11/h4-8H,3,9H2,1-2H3,(H,15,16). The number of hydrogen-bond acceptors (Lipinski definition) is 6. The normalized spacial score (nSPS) is 11.2. The van der Waals surface area contributed by atoms with Crippen LogP contribution in [0.3, 0.4) is 0 Å². The summed E-state index contributed by atoms with van der Waals surface area (Å²) in [7, 11) is -3.58. The van der Waals surface area contributed by atoms with Gasteiger partial charge in [-0.2, -0.15) is 0 Å². The van der Waals surface area contributed by atoms with Gasteiger partial charge in [-0.3, -0.25) is 4.72 Å². The van der Waals surface area contributed by atoms with Crippen LogP contribution in [-0.2, 0) is 20.5 Å². The Labute approximate surface area is 133 Å². The topological polar surface area (TPSA) is 85.4 Å². The first kappa shape index (κ1) is 16.4. The predicted octanol–water partition coefficient (Wildman–Crippen LogP) is 2.57. The number of rotatable bonds is 6. The van der Waals surface area contributed by atoms with Gasteiger partial charge in [-0.1, -0.05) is 41.7 Å². The average Bonchev–Trinajstić information content (AvgIpc) is 2.79. The van der Waals surface area contributed by atoms with Gasteiger partial charge in [0.1, 0.15) is 4.88 Å². The summed E-state index contributed by atoms with van der Waals surface area (Å²) in [6.07, 6.45) is 0. The third-order valence-corrected chi connectivity index (χ3v) is 5.10. The Hall–Kier alpha value is -1.93. The average molecular weight is 340 g/mol. The first-order chi connectivity index (χ1) is 10.4. The second-order valence-corrected chi connectivity index (χ2v) is 7.22. The summed E-state index contributed by atoms with van der Waals surface area (Å²) >= 11 is 0.969. The van der Waals surface area contributed by atoms with Crippen LogP contribution in [0.25, 0.3) is 0 Å². The molecule has 0 saturated heterocycles. The summed E-state index contributed by atoms with van der Waals surface area (Å²) in [6.45, 7) is 3.60. The molecule has 1 aromatic carbocycles. The second kappa shape index (κ2) is 6.89. The summed E-state index contributed by atoms with van der Waals surface area (Å²) in [5.74, 6) is -0.646. The molecule has 0 aliphatic heterocycles. The molecule has 118 valence electrons. The lowest BCUT2D eigenvalue weighted by molar-refractivity contribution is 0.0531. The highest BCUT2D eigenvalue weighted by atomic mass is 32.2. The molecule has 6 nitrogen and oxygen atoms in total. The predicted molar refractivity (Wildman–Crippen MR) is 85.5 cm³/mol. The van der Waals surface area contributed by atoms with Crippen LogP contribution < -0.4 is 4.72 Å². The van der Waals surface area contributed by atoms with E-state index in [2.05, 4.69) is 9.71 Å². The summed E-state index contributed by atoms with van der Waals surface area (Å²) in [5.41, 5.74) is 1.12. The van der Waals surface area contributed by atoms with Gasteiger partial charge in [-0.15, -0.1) is 0 Å². The van der Waals surface area contributed by atoms with E-state index in [1.54, 1.807) is 38.1 Å². The number of ether oxygens (including phenoxy) is 1. The maximum absolute atomic E-state index is 12.1. The molecule has 8 heteroatoms. The molecule has 1 aromatic heterocycles. The van der Waals surface area contributed by atoms with Gasteiger partial charge >= 0.3 is 5.97 Å². The fourth-order valence-electron chi connectivity index (χ4n) is 1.79. The zero-order valence-electron chi connectivity index (χ0n) is 12.2. The minimum Gasteiger partial charge on any atom is -0.462 e. The molecule has 1 N–H and O–H groups in total. The lowest BCUT2D eigenvalue weighted by atomic mass is 10.2. The molecule has 0 saturated carbocycles. The van der Waals surface area contributed by atoms with Crippen molar-refractivity contribution in [3.8, 4) is 0 Å². The highest BCUT2D eigenvalue weighted by Crippen LogP contribution is 2.24. The molecule has 0 amide bonds. The van der Waals surface area contributed by atoms with Crippen LogP contribution in [0, 0.1) is 6.92 Å². The molecule has 0 fully saturated rings.